The number of nitrogens with zero attached hydrogens (tertiary/aromatic N) is 3. The summed E-state index contributed by atoms with van der Waals surface area (Å²) in [6.07, 6.45) is 1.06. The molecule has 0 amide bonds. The Hall–Kier alpha value is -1.35. The van der Waals surface area contributed by atoms with Gasteiger partial charge < -0.3 is 9.47 Å². The van der Waals surface area contributed by atoms with Gasteiger partial charge in [0.05, 0.1) is 11.0 Å². The van der Waals surface area contributed by atoms with Crippen LogP contribution in [-0.4, -0.2) is 34.6 Å². The lowest BCUT2D eigenvalue weighted by molar-refractivity contribution is 0.342. The number of benzene rings is 1. The smallest absolute Gasteiger partial charge is 0.111 e. The van der Waals surface area contributed by atoms with Crippen molar-refractivity contribution in [3.63, 3.8) is 0 Å². The minimum atomic E-state index is 1.06. The molecule has 0 spiro atoms. The maximum absolute atomic E-state index is 4.68. The highest BCUT2D eigenvalue weighted by molar-refractivity contribution is 5.75. The number of para-hydroxylation sites is 2. The molecular weight excluding hydrogens is 186 g/mol. The van der Waals surface area contributed by atoms with E-state index >= 15 is 0 Å². The van der Waals surface area contributed by atoms with Gasteiger partial charge >= 0.3 is 0 Å². The van der Waals surface area contributed by atoms with Gasteiger partial charge in [0.1, 0.15) is 5.82 Å². The van der Waals surface area contributed by atoms with Gasteiger partial charge in [-0.1, -0.05) is 12.1 Å². The summed E-state index contributed by atoms with van der Waals surface area (Å²) in [7, 11) is 2.18. The van der Waals surface area contributed by atoms with Crippen molar-refractivity contribution >= 4 is 11.0 Å². The Labute approximate surface area is 89.3 Å². The summed E-state index contributed by atoms with van der Waals surface area (Å²) in [5, 5.41) is 0. The molecule has 1 aromatic carbocycles. The maximum Gasteiger partial charge on any atom is 0.111 e. The van der Waals surface area contributed by atoms with E-state index in [1.54, 1.807) is 0 Å². The molecular formula is C12H15N3. The largest absolute Gasteiger partial charge is 0.327 e. The molecule has 2 heterocycles. The van der Waals surface area contributed by atoms with Crippen LogP contribution >= 0.6 is 0 Å². The molecule has 0 saturated heterocycles. The number of likely N-dealkylation sites (N-methyl/N-ethyl adjacent to an activating group) is 1. The van der Waals surface area contributed by atoms with Crippen LogP contribution in [0.5, 0.6) is 0 Å². The first-order chi connectivity index (χ1) is 7.34. The van der Waals surface area contributed by atoms with E-state index in [1.165, 1.54) is 11.3 Å². The first-order valence-electron chi connectivity index (χ1n) is 5.47. The fourth-order valence-corrected chi connectivity index (χ4v) is 2.24. The fraction of sp³-hybridized carbons (Fsp3) is 0.417. The van der Waals surface area contributed by atoms with Crippen LogP contribution in [-0.2, 0) is 13.0 Å². The van der Waals surface area contributed by atoms with E-state index in [0.717, 1.165) is 31.6 Å². The van der Waals surface area contributed by atoms with Crippen LogP contribution in [0.3, 0.4) is 0 Å². The molecule has 1 aromatic heterocycles. The zero-order valence-corrected chi connectivity index (χ0v) is 8.98. The van der Waals surface area contributed by atoms with E-state index in [-0.39, 0.29) is 0 Å². The second-order valence-corrected chi connectivity index (χ2v) is 4.22. The lowest BCUT2D eigenvalue weighted by Crippen LogP contribution is -2.21. The number of imidazole rings is 1. The number of hydrogen-bond donors (Lipinski definition) is 0. The van der Waals surface area contributed by atoms with Gasteiger partial charge in [-0.05, 0) is 19.2 Å². The van der Waals surface area contributed by atoms with E-state index in [9.17, 15) is 0 Å². The van der Waals surface area contributed by atoms with Crippen molar-refractivity contribution < 1.29 is 0 Å². The summed E-state index contributed by atoms with van der Waals surface area (Å²) < 4.78 is 2.36. The van der Waals surface area contributed by atoms with E-state index in [0.29, 0.717) is 0 Å². The van der Waals surface area contributed by atoms with Crippen LogP contribution in [0.1, 0.15) is 5.82 Å². The van der Waals surface area contributed by atoms with Crippen LogP contribution in [0, 0.1) is 0 Å². The second-order valence-electron chi connectivity index (χ2n) is 4.22. The number of hydrogen-bond acceptors (Lipinski definition) is 2. The molecule has 0 saturated carbocycles. The van der Waals surface area contributed by atoms with Gasteiger partial charge in [0.15, 0.2) is 0 Å². The molecule has 0 radical (unpaired) electrons. The van der Waals surface area contributed by atoms with Crippen LogP contribution < -0.4 is 0 Å². The van der Waals surface area contributed by atoms with Gasteiger partial charge in [-0.15, -0.1) is 0 Å². The highest BCUT2D eigenvalue weighted by Crippen LogP contribution is 2.18. The maximum atomic E-state index is 4.68. The molecule has 2 aromatic rings. The fourth-order valence-electron chi connectivity index (χ4n) is 2.24. The van der Waals surface area contributed by atoms with Crippen LogP contribution in [0.2, 0.25) is 0 Å². The quantitative estimate of drug-likeness (QED) is 0.644. The average molecular weight is 201 g/mol. The van der Waals surface area contributed by atoms with E-state index in [2.05, 4.69) is 45.8 Å². The number of rotatable bonds is 0. The van der Waals surface area contributed by atoms with Crippen LogP contribution in [0.25, 0.3) is 11.0 Å². The molecule has 3 nitrogen and oxygen atoms in total. The Morgan fingerprint density at radius 2 is 2.00 bits per heavy atom. The molecule has 0 fully saturated rings. The molecule has 0 bridgehead atoms. The van der Waals surface area contributed by atoms with Crippen molar-refractivity contribution in [3.8, 4) is 0 Å². The van der Waals surface area contributed by atoms with Gasteiger partial charge in [-0.25, -0.2) is 4.98 Å². The SMILES string of the molecule is CN1CCc2nc3ccccc3n2CC1. The third-order valence-electron chi connectivity index (χ3n) is 3.16. The zero-order valence-electron chi connectivity index (χ0n) is 8.98. The molecule has 15 heavy (non-hydrogen) atoms. The molecule has 0 N–H and O–H groups in total. The predicted molar refractivity (Wildman–Crippen MR) is 60.9 cm³/mol. The number of aromatic nitrogens is 2. The molecule has 0 atom stereocenters. The first kappa shape index (κ1) is 8.92. The second kappa shape index (κ2) is 3.35. The minimum Gasteiger partial charge on any atom is -0.327 e. The van der Waals surface area contributed by atoms with Crippen molar-refractivity contribution in [3.05, 3.63) is 30.1 Å². The van der Waals surface area contributed by atoms with Gasteiger partial charge in [0.25, 0.3) is 0 Å². The molecule has 1 aliphatic heterocycles. The number of fused-ring (bicyclic) bond motifs is 3. The summed E-state index contributed by atoms with van der Waals surface area (Å²) in [6.45, 7) is 3.29. The topological polar surface area (TPSA) is 21.1 Å². The summed E-state index contributed by atoms with van der Waals surface area (Å²) in [6, 6.07) is 8.41. The van der Waals surface area contributed by atoms with Gasteiger partial charge in [-0.3, -0.25) is 0 Å². The van der Waals surface area contributed by atoms with Crippen molar-refractivity contribution in [1.29, 1.82) is 0 Å². The van der Waals surface area contributed by atoms with Gasteiger partial charge in [0, 0.05) is 26.1 Å². The minimum absolute atomic E-state index is 1.06. The van der Waals surface area contributed by atoms with E-state index in [1.807, 2.05) is 0 Å². The lowest BCUT2D eigenvalue weighted by Gasteiger charge is -2.11. The molecule has 78 valence electrons. The Kier molecular flexibility index (Phi) is 1.99. The normalized spacial score (nSPS) is 17.7. The van der Waals surface area contributed by atoms with Crippen molar-refractivity contribution in [2.45, 2.75) is 13.0 Å². The zero-order chi connectivity index (χ0) is 10.3. The summed E-state index contributed by atoms with van der Waals surface area (Å²) in [4.78, 5) is 7.05. The van der Waals surface area contributed by atoms with Crippen LogP contribution in [0.4, 0.5) is 0 Å². The van der Waals surface area contributed by atoms with E-state index in [4.69, 9.17) is 0 Å². The van der Waals surface area contributed by atoms with Gasteiger partial charge in [-0.2, -0.15) is 0 Å². The van der Waals surface area contributed by atoms with Gasteiger partial charge in [0.2, 0.25) is 0 Å². The Morgan fingerprint density at radius 1 is 1.13 bits per heavy atom. The van der Waals surface area contributed by atoms with Crippen LogP contribution in [0.15, 0.2) is 24.3 Å². The lowest BCUT2D eigenvalue weighted by atomic mass is 10.3. The Balaban J connectivity index is 2.15. The van der Waals surface area contributed by atoms with E-state index < -0.39 is 0 Å². The monoisotopic (exact) mass is 201 g/mol. The molecule has 0 unspecified atom stereocenters. The third kappa shape index (κ3) is 1.43. The standard InChI is InChI=1S/C12H15N3/c1-14-7-6-12-13-10-4-2-3-5-11(10)15(12)9-8-14/h2-5H,6-9H2,1H3. The summed E-state index contributed by atoms with van der Waals surface area (Å²) in [5.74, 6) is 1.24. The van der Waals surface area contributed by atoms with Crippen molar-refractivity contribution in [2.24, 2.45) is 0 Å². The molecule has 3 rings (SSSR count). The first-order valence-corrected chi connectivity index (χ1v) is 5.47. The molecule has 1 aliphatic rings. The Morgan fingerprint density at radius 3 is 2.93 bits per heavy atom. The molecule has 3 heteroatoms. The highest BCUT2D eigenvalue weighted by atomic mass is 15.2. The van der Waals surface area contributed by atoms with Crippen molar-refractivity contribution in [1.82, 2.24) is 14.5 Å². The highest BCUT2D eigenvalue weighted by Gasteiger charge is 2.14. The molecule has 0 aliphatic carbocycles. The third-order valence-corrected chi connectivity index (χ3v) is 3.16. The Bertz CT molecular complexity index is 487. The summed E-state index contributed by atoms with van der Waals surface area (Å²) >= 11 is 0. The predicted octanol–water partition coefficient (Wildman–Crippen LogP) is 1.52. The average Bonchev–Trinajstić information content (AvgIpc) is 2.51. The summed E-state index contributed by atoms with van der Waals surface area (Å²) in [5.41, 5.74) is 2.42. The van der Waals surface area contributed by atoms with Crippen molar-refractivity contribution in [2.75, 3.05) is 20.1 Å².